The third-order valence-electron chi connectivity index (χ3n) is 5.92. The zero-order chi connectivity index (χ0) is 24.4. The van der Waals surface area contributed by atoms with Gasteiger partial charge in [0.15, 0.2) is 0 Å². The number of nitrogens with zero attached hydrogens (tertiary/aromatic N) is 1. The van der Waals surface area contributed by atoms with Gasteiger partial charge < -0.3 is 4.74 Å². The van der Waals surface area contributed by atoms with Crippen LogP contribution in [0.2, 0.25) is 0 Å². The van der Waals surface area contributed by atoms with Crippen LogP contribution in [0.1, 0.15) is 16.7 Å². The van der Waals surface area contributed by atoms with E-state index in [1.807, 2.05) is 30.3 Å². The number of urea groups is 1. The summed E-state index contributed by atoms with van der Waals surface area (Å²) >= 11 is 0. The van der Waals surface area contributed by atoms with Crippen LogP contribution in [-0.4, -0.2) is 17.8 Å². The first-order chi connectivity index (χ1) is 17.0. The minimum absolute atomic E-state index is 0.114. The molecule has 4 aromatic rings. The van der Waals surface area contributed by atoms with Gasteiger partial charge in [-0.1, -0.05) is 72.8 Å². The second kappa shape index (κ2) is 9.27. The Kier molecular flexibility index (Phi) is 5.85. The molecular formula is C29H22N2O4. The molecule has 1 saturated heterocycles. The van der Waals surface area contributed by atoms with Crippen molar-refractivity contribution in [2.45, 2.75) is 13.5 Å². The molecule has 0 spiro atoms. The van der Waals surface area contributed by atoms with Gasteiger partial charge in [0.05, 0.1) is 5.69 Å². The maximum absolute atomic E-state index is 13.1. The van der Waals surface area contributed by atoms with E-state index in [1.54, 1.807) is 49.4 Å². The number of carbonyl (C=O) groups is 3. The van der Waals surface area contributed by atoms with E-state index in [9.17, 15) is 14.4 Å². The largest absolute Gasteiger partial charge is 0.489 e. The monoisotopic (exact) mass is 462 g/mol. The molecule has 4 aromatic carbocycles. The third-order valence-corrected chi connectivity index (χ3v) is 5.92. The van der Waals surface area contributed by atoms with Crippen molar-refractivity contribution in [3.63, 3.8) is 0 Å². The fourth-order valence-corrected chi connectivity index (χ4v) is 4.10. The number of anilines is 1. The molecule has 1 aliphatic heterocycles. The summed E-state index contributed by atoms with van der Waals surface area (Å²) in [6.45, 7) is 2.21. The van der Waals surface area contributed by atoms with Crippen LogP contribution < -0.4 is 15.0 Å². The molecule has 0 aromatic heterocycles. The second-order valence-corrected chi connectivity index (χ2v) is 8.24. The van der Waals surface area contributed by atoms with Gasteiger partial charge in [-0.3, -0.25) is 14.9 Å². The summed E-state index contributed by atoms with van der Waals surface area (Å²) in [6.07, 6.45) is 1.48. The molecule has 4 amide bonds. The summed E-state index contributed by atoms with van der Waals surface area (Å²) in [7, 11) is 0. The van der Waals surface area contributed by atoms with Gasteiger partial charge in [-0.2, -0.15) is 0 Å². The van der Waals surface area contributed by atoms with Crippen molar-refractivity contribution >= 4 is 40.4 Å². The standard InChI is InChI=1S/C29H22N2O4/c1-19-7-2-5-12-26(19)31-28(33)25(27(32)30-29(31)34)17-20-13-15-23(16-14-20)35-18-22-10-6-9-21-8-3-4-11-24(21)22/h2-17H,18H2,1H3,(H,30,32,34)/b25-17+. The molecule has 172 valence electrons. The number of aryl methyl sites for hydroxylation is 1. The molecular weight excluding hydrogens is 440 g/mol. The lowest BCUT2D eigenvalue weighted by molar-refractivity contribution is -0.122. The minimum Gasteiger partial charge on any atom is -0.489 e. The van der Waals surface area contributed by atoms with E-state index in [1.165, 1.54) is 6.08 Å². The van der Waals surface area contributed by atoms with Gasteiger partial charge in [0.2, 0.25) is 0 Å². The van der Waals surface area contributed by atoms with Crippen LogP contribution in [0.4, 0.5) is 10.5 Å². The summed E-state index contributed by atoms with van der Waals surface area (Å²) < 4.78 is 5.97. The molecule has 6 nitrogen and oxygen atoms in total. The molecule has 0 radical (unpaired) electrons. The van der Waals surface area contributed by atoms with Crippen molar-refractivity contribution < 1.29 is 19.1 Å². The number of hydrogen-bond acceptors (Lipinski definition) is 4. The molecule has 0 atom stereocenters. The highest BCUT2D eigenvalue weighted by Crippen LogP contribution is 2.26. The predicted octanol–water partition coefficient (Wildman–Crippen LogP) is 5.39. The lowest BCUT2D eigenvalue weighted by Crippen LogP contribution is -2.54. The highest BCUT2D eigenvalue weighted by atomic mass is 16.5. The Labute approximate surface area is 202 Å². The van der Waals surface area contributed by atoms with Crippen LogP contribution >= 0.6 is 0 Å². The Morgan fingerprint density at radius 3 is 2.34 bits per heavy atom. The first kappa shape index (κ1) is 22.1. The SMILES string of the molecule is Cc1ccccc1N1C(=O)NC(=O)/C(=C\c2ccc(OCc3cccc4ccccc34)cc2)C1=O. The van der Waals surface area contributed by atoms with Gasteiger partial charge in [-0.25, -0.2) is 9.69 Å². The zero-order valence-electron chi connectivity index (χ0n) is 19.0. The molecule has 1 heterocycles. The number of imide groups is 2. The average molecular weight is 463 g/mol. The van der Waals surface area contributed by atoms with Gasteiger partial charge in [-0.05, 0) is 58.7 Å². The van der Waals surface area contributed by atoms with E-state index in [0.717, 1.165) is 26.8 Å². The lowest BCUT2D eigenvalue weighted by Gasteiger charge is -2.27. The van der Waals surface area contributed by atoms with Crippen LogP contribution in [0.3, 0.4) is 0 Å². The molecule has 1 aliphatic rings. The minimum atomic E-state index is -0.761. The summed E-state index contributed by atoms with van der Waals surface area (Å²) in [5.74, 6) is -0.721. The second-order valence-electron chi connectivity index (χ2n) is 8.24. The highest BCUT2D eigenvalue weighted by Gasteiger charge is 2.37. The van der Waals surface area contributed by atoms with Crippen molar-refractivity contribution in [1.82, 2.24) is 5.32 Å². The smallest absolute Gasteiger partial charge is 0.335 e. The number of carbonyl (C=O) groups excluding carboxylic acids is 3. The van der Waals surface area contributed by atoms with Crippen LogP contribution in [0.5, 0.6) is 5.75 Å². The first-order valence-electron chi connectivity index (χ1n) is 11.2. The Hall–Kier alpha value is -4.71. The number of para-hydroxylation sites is 1. The van der Waals surface area contributed by atoms with Crippen LogP contribution in [0.15, 0.2) is 96.6 Å². The Bertz CT molecular complexity index is 1480. The quantitative estimate of drug-likeness (QED) is 0.319. The van der Waals surface area contributed by atoms with E-state index in [4.69, 9.17) is 4.74 Å². The molecule has 0 bridgehead atoms. The molecule has 1 N–H and O–H groups in total. The van der Waals surface area contributed by atoms with E-state index in [-0.39, 0.29) is 5.57 Å². The highest BCUT2D eigenvalue weighted by molar-refractivity contribution is 6.39. The molecule has 35 heavy (non-hydrogen) atoms. The maximum Gasteiger partial charge on any atom is 0.335 e. The molecule has 0 aliphatic carbocycles. The van der Waals surface area contributed by atoms with Gasteiger partial charge in [-0.15, -0.1) is 0 Å². The number of barbiturate groups is 1. The fourth-order valence-electron chi connectivity index (χ4n) is 4.10. The number of benzene rings is 4. The van der Waals surface area contributed by atoms with E-state index < -0.39 is 17.8 Å². The summed E-state index contributed by atoms with van der Waals surface area (Å²) in [4.78, 5) is 38.9. The number of ether oxygens (including phenoxy) is 1. The molecule has 5 rings (SSSR count). The van der Waals surface area contributed by atoms with Gasteiger partial charge >= 0.3 is 6.03 Å². The topological polar surface area (TPSA) is 75.7 Å². The average Bonchev–Trinajstić information content (AvgIpc) is 2.87. The molecule has 0 unspecified atom stereocenters. The fraction of sp³-hybridized carbons (Fsp3) is 0.0690. The van der Waals surface area contributed by atoms with Crippen molar-refractivity contribution in [1.29, 1.82) is 0 Å². The maximum atomic E-state index is 13.1. The zero-order valence-corrected chi connectivity index (χ0v) is 19.0. The normalized spacial score (nSPS) is 14.9. The number of hydrogen-bond donors (Lipinski definition) is 1. The number of fused-ring (bicyclic) bond motifs is 1. The van der Waals surface area contributed by atoms with E-state index >= 15 is 0 Å². The van der Waals surface area contributed by atoms with Gasteiger partial charge in [0.25, 0.3) is 11.8 Å². The molecule has 1 fully saturated rings. The molecule has 0 saturated carbocycles. The molecule has 6 heteroatoms. The van der Waals surface area contributed by atoms with E-state index in [0.29, 0.717) is 23.6 Å². The lowest BCUT2D eigenvalue weighted by atomic mass is 10.1. The van der Waals surface area contributed by atoms with Crippen molar-refractivity contribution in [2.75, 3.05) is 4.90 Å². The number of amides is 4. The van der Waals surface area contributed by atoms with Gasteiger partial charge in [0.1, 0.15) is 17.9 Å². The number of rotatable bonds is 5. The Balaban J connectivity index is 1.35. The van der Waals surface area contributed by atoms with Crippen LogP contribution in [0, 0.1) is 6.92 Å². The van der Waals surface area contributed by atoms with Crippen molar-refractivity contribution in [3.8, 4) is 5.75 Å². The summed E-state index contributed by atoms with van der Waals surface area (Å²) in [5, 5.41) is 4.56. The summed E-state index contributed by atoms with van der Waals surface area (Å²) in [5.41, 5.74) is 2.79. The van der Waals surface area contributed by atoms with Crippen LogP contribution in [-0.2, 0) is 16.2 Å². The first-order valence-corrected chi connectivity index (χ1v) is 11.2. The van der Waals surface area contributed by atoms with Crippen molar-refractivity contribution in [3.05, 3.63) is 113 Å². The third kappa shape index (κ3) is 4.42. The van der Waals surface area contributed by atoms with E-state index in [2.05, 4.69) is 23.5 Å². The Morgan fingerprint density at radius 1 is 0.829 bits per heavy atom. The Morgan fingerprint density at radius 2 is 1.54 bits per heavy atom. The van der Waals surface area contributed by atoms with Crippen molar-refractivity contribution in [2.24, 2.45) is 0 Å². The predicted molar refractivity (Wildman–Crippen MR) is 135 cm³/mol. The summed E-state index contributed by atoms with van der Waals surface area (Å²) in [6, 6.07) is 27.6. The van der Waals surface area contributed by atoms with Gasteiger partial charge in [0, 0.05) is 0 Å². The van der Waals surface area contributed by atoms with Crippen LogP contribution in [0.25, 0.3) is 16.8 Å². The number of nitrogens with one attached hydrogen (secondary N) is 1.